The van der Waals surface area contributed by atoms with Crippen LogP contribution in [0.2, 0.25) is 5.02 Å². The number of nitrogens with one attached hydrogen (secondary N) is 1. The smallest absolute Gasteiger partial charge is 0.272 e. The monoisotopic (exact) mass is 493 g/mol. The van der Waals surface area contributed by atoms with Crippen LogP contribution in [0.4, 0.5) is 0 Å². The number of carbonyl (C=O) groups is 1. The molecule has 7 heteroatoms. The predicted molar refractivity (Wildman–Crippen MR) is 128 cm³/mol. The number of methoxy groups -OCH3 is 1. The number of nitrogens with zero attached hydrogens (tertiary/aromatic N) is 2. The number of hydrogen-bond donors (Lipinski definition) is 1. The summed E-state index contributed by atoms with van der Waals surface area (Å²) in [5, 5.41) is 5.30. The van der Waals surface area contributed by atoms with Gasteiger partial charge >= 0.3 is 0 Å². The van der Waals surface area contributed by atoms with E-state index in [-0.39, 0.29) is 5.91 Å². The molecule has 0 aliphatic rings. The molecule has 1 amide bonds. The molecule has 5 nitrogen and oxygen atoms in total. The SMILES string of the molecule is COc1c(Cl)cc(/C=N/NC(=O)c2cc(-c3ccccc3)nc3ccccc23)cc1Br. The van der Waals surface area contributed by atoms with Crippen molar-refractivity contribution in [3.05, 3.63) is 93.4 Å². The van der Waals surface area contributed by atoms with E-state index in [0.29, 0.717) is 26.4 Å². The fraction of sp³-hybridized carbons (Fsp3) is 0.0417. The molecule has 4 aromatic rings. The van der Waals surface area contributed by atoms with E-state index in [9.17, 15) is 4.79 Å². The third-order valence-electron chi connectivity index (χ3n) is 4.63. The van der Waals surface area contributed by atoms with Crippen molar-refractivity contribution < 1.29 is 9.53 Å². The summed E-state index contributed by atoms with van der Waals surface area (Å²) in [5.41, 5.74) is 6.20. The number of hydrogen-bond acceptors (Lipinski definition) is 4. The molecule has 0 saturated heterocycles. The summed E-state index contributed by atoms with van der Waals surface area (Å²) in [4.78, 5) is 17.7. The standard InChI is InChI=1S/C24H17BrClN3O2/c1-31-23-19(25)11-15(12-20(23)26)14-27-29-24(30)18-13-22(16-7-3-2-4-8-16)28-21-10-6-5-9-17(18)21/h2-14H,1H3,(H,29,30)/b27-14+. The summed E-state index contributed by atoms with van der Waals surface area (Å²) in [6.07, 6.45) is 1.52. The summed E-state index contributed by atoms with van der Waals surface area (Å²) in [5.74, 6) is 0.213. The molecule has 31 heavy (non-hydrogen) atoms. The zero-order valence-corrected chi connectivity index (χ0v) is 18.8. The van der Waals surface area contributed by atoms with Crippen molar-refractivity contribution >= 4 is 50.6 Å². The van der Waals surface area contributed by atoms with Gasteiger partial charge in [0, 0.05) is 10.9 Å². The van der Waals surface area contributed by atoms with E-state index in [1.807, 2.05) is 54.6 Å². The molecule has 0 aliphatic carbocycles. The van der Waals surface area contributed by atoms with Crippen LogP contribution in [0.5, 0.6) is 5.75 Å². The molecular formula is C24H17BrClN3O2. The van der Waals surface area contributed by atoms with Gasteiger partial charge in [-0.3, -0.25) is 4.79 Å². The Balaban J connectivity index is 1.64. The van der Waals surface area contributed by atoms with E-state index in [4.69, 9.17) is 21.3 Å². The van der Waals surface area contributed by atoms with Crippen molar-refractivity contribution in [1.29, 1.82) is 0 Å². The fourth-order valence-corrected chi connectivity index (χ4v) is 4.25. The predicted octanol–water partition coefficient (Wildman–Crippen LogP) is 6.09. The van der Waals surface area contributed by atoms with E-state index in [2.05, 4.69) is 26.5 Å². The summed E-state index contributed by atoms with van der Waals surface area (Å²) in [6, 6.07) is 22.6. The number of fused-ring (bicyclic) bond motifs is 1. The average Bonchev–Trinajstić information content (AvgIpc) is 2.78. The maximum Gasteiger partial charge on any atom is 0.272 e. The highest BCUT2D eigenvalue weighted by Crippen LogP contribution is 2.33. The van der Waals surface area contributed by atoms with Gasteiger partial charge in [-0.1, -0.05) is 60.1 Å². The third-order valence-corrected chi connectivity index (χ3v) is 5.50. The highest BCUT2D eigenvalue weighted by molar-refractivity contribution is 9.10. The van der Waals surface area contributed by atoms with Crippen LogP contribution >= 0.6 is 27.5 Å². The first kappa shape index (κ1) is 21.0. The number of para-hydroxylation sites is 1. The minimum atomic E-state index is -0.328. The topological polar surface area (TPSA) is 63.6 Å². The second-order valence-corrected chi connectivity index (χ2v) is 7.92. The molecule has 1 aromatic heterocycles. The number of halogens is 2. The lowest BCUT2D eigenvalue weighted by molar-refractivity contribution is 0.0956. The molecule has 0 spiro atoms. The molecule has 0 unspecified atom stereocenters. The van der Waals surface area contributed by atoms with Crippen LogP contribution in [0.1, 0.15) is 15.9 Å². The zero-order valence-electron chi connectivity index (χ0n) is 16.5. The summed E-state index contributed by atoms with van der Waals surface area (Å²) < 4.78 is 5.92. The van der Waals surface area contributed by atoms with Crippen molar-refractivity contribution in [2.75, 3.05) is 7.11 Å². The third kappa shape index (κ3) is 4.60. The summed E-state index contributed by atoms with van der Waals surface area (Å²) in [6.45, 7) is 0. The first-order chi connectivity index (χ1) is 15.1. The Morgan fingerprint density at radius 3 is 2.58 bits per heavy atom. The quantitative estimate of drug-likeness (QED) is 0.270. The van der Waals surface area contributed by atoms with Crippen molar-refractivity contribution in [3.8, 4) is 17.0 Å². The maximum absolute atomic E-state index is 13.0. The molecule has 0 fully saturated rings. The van der Waals surface area contributed by atoms with Crippen LogP contribution in [0, 0.1) is 0 Å². The van der Waals surface area contributed by atoms with Gasteiger partial charge in [-0.2, -0.15) is 5.10 Å². The Labute approximate surface area is 192 Å². The van der Waals surface area contributed by atoms with Gasteiger partial charge in [0.15, 0.2) is 5.75 Å². The molecule has 4 rings (SSSR count). The molecule has 154 valence electrons. The van der Waals surface area contributed by atoms with Crippen LogP contribution in [0.3, 0.4) is 0 Å². The van der Waals surface area contributed by atoms with E-state index in [0.717, 1.165) is 22.2 Å². The number of amides is 1. The van der Waals surface area contributed by atoms with Gasteiger partial charge < -0.3 is 4.74 Å². The zero-order chi connectivity index (χ0) is 21.8. The number of hydrazone groups is 1. The number of aromatic nitrogens is 1. The highest BCUT2D eigenvalue weighted by atomic mass is 79.9. The molecule has 0 atom stereocenters. The summed E-state index contributed by atoms with van der Waals surface area (Å²) in [7, 11) is 1.54. The minimum absolute atomic E-state index is 0.328. The number of rotatable bonds is 5. The summed E-state index contributed by atoms with van der Waals surface area (Å²) >= 11 is 9.61. The second-order valence-electron chi connectivity index (χ2n) is 6.66. The van der Waals surface area contributed by atoms with Crippen molar-refractivity contribution in [1.82, 2.24) is 10.4 Å². The molecule has 3 aromatic carbocycles. The number of ether oxygens (including phenoxy) is 1. The van der Waals surface area contributed by atoms with E-state index in [1.165, 1.54) is 6.21 Å². The van der Waals surface area contributed by atoms with Gasteiger partial charge in [0.05, 0.1) is 39.6 Å². The second kappa shape index (κ2) is 9.29. The first-order valence-corrected chi connectivity index (χ1v) is 10.6. The molecule has 1 N–H and O–H groups in total. The molecule has 1 heterocycles. The molecule has 0 bridgehead atoms. The first-order valence-electron chi connectivity index (χ1n) is 9.38. The molecule has 0 aliphatic heterocycles. The molecule has 0 saturated carbocycles. The Morgan fingerprint density at radius 2 is 1.84 bits per heavy atom. The Hall–Kier alpha value is -3.22. The maximum atomic E-state index is 13.0. The Morgan fingerprint density at radius 1 is 1.10 bits per heavy atom. The van der Waals surface area contributed by atoms with Crippen molar-refractivity contribution in [2.24, 2.45) is 5.10 Å². The van der Waals surface area contributed by atoms with Gasteiger partial charge in [0.1, 0.15) is 0 Å². The number of pyridine rings is 1. The lowest BCUT2D eigenvalue weighted by atomic mass is 10.0. The Kier molecular flexibility index (Phi) is 6.30. The Bertz CT molecular complexity index is 1270. The van der Waals surface area contributed by atoms with Gasteiger partial charge in [0.25, 0.3) is 5.91 Å². The van der Waals surface area contributed by atoms with Crippen molar-refractivity contribution in [2.45, 2.75) is 0 Å². The van der Waals surface area contributed by atoms with Crippen LogP contribution in [0.15, 0.2) is 82.4 Å². The molecule has 0 radical (unpaired) electrons. The lowest BCUT2D eigenvalue weighted by Crippen LogP contribution is -2.18. The number of carbonyl (C=O) groups excluding carboxylic acids is 1. The van der Waals surface area contributed by atoms with Gasteiger partial charge in [-0.25, -0.2) is 10.4 Å². The highest BCUT2D eigenvalue weighted by Gasteiger charge is 2.13. The van der Waals surface area contributed by atoms with Gasteiger partial charge in [0.2, 0.25) is 0 Å². The largest absolute Gasteiger partial charge is 0.494 e. The van der Waals surface area contributed by atoms with Crippen molar-refractivity contribution in [3.63, 3.8) is 0 Å². The van der Waals surface area contributed by atoms with E-state index < -0.39 is 0 Å². The average molecular weight is 495 g/mol. The van der Waals surface area contributed by atoms with Crippen LogP contribution in [-0.2, 0) is 0 Å². The van der Waals surface area contributed by atoms with E-state index in [1.54, 1.807) is 25.3 Å². The fourth-order valence-electron chi connectivity index (χ4n) is 3.19. The van der Waals surface area contributed by atoms with Crippen LogP contribution in [0.25, 0.3) is 22.2 Å². The van der Waals surface area contributed by atoms with Crippen LogP contribution < -0.4 is 10.2 Å². The normalized spacial score (nSPS) is 11.1. The van der Waals surface area contributed by atoms with Crippen LogP contribution in [-0.4, -0.2) is 24.2 Å². The molecular weight excluding hydrogens is 478 g/mol. The number of benzene rings is 3. The van der Waals surface area contributed by atoms with Gasteiger partial charge in [-0.15, -0.1) is 0 Å². The van der Waals surface area contributed by atoms with E-state index >= 15 is 0 Å². The van der Waals surface area contributed by atoms with Gasteiger partial charge in [-0.05, 0) is 45.8 Å². The lowest BCUT2D eigenvalue weighted by Gasteiger charge is -2.09. The minimum Gasteiger partial charge on any atom is -0.494 e.